The first kappa shape index (κ1) is 109. The Morgan fingerprint density at radius 2 is 1.00 bits per heavy atom. The lowest BCUT2D eigenvalue weighted by Crippen LogP contribution is -2.55. The molecule has 5 amide bonds. The molecule has 5 N–H and O–H groups in total. The first-order valence-electron chi connectivity index (χ1n) is 46.7. The molecule has 14 heterocycles. The van der Waals surface area contributed by atoms with Crippen molar-refractivity contribution in [2.24, 2.45) is 28.6 Å². The third-order valence-corrected chi connectivity index (χ3v) is 35.4. The van der Waals surface area contributed by atoms with Gasteiger partial charge in [0.1, 0.15) is 71.9 Å². The maximum absolute atomic E-state index is 14.1. The summed E-state index contributed by atoms with van der Waals surface area (Å²) < 4.78 is 134. The number of sulfone groups is 3. The molecular weight excluding hydrogens is 2090 g/mol. The van der Waals surface area contributed by atoms with Gasteiger partial charge >= 0.3 is 10.2 Å². The van der Waals surface area contributed by atoms with Crippen molar-refractivity contribution in [1.29, 1.82) is 0 Å². The molecule has 12 aromatic heterocycles. The Morgan fingerprint density at radius 3 is 1.54 bits per heavy atom. The maximum Gasteiger partial charge on any atom is 0.303 e. The van der Waals surface area contributed by atoms with Crippen LogP contribution in [0.4, 0.5) is 49.4 Å². The molecule has 7 fully saturated rings. The lowest BCUT2D eigenvalue weighted by molar-refractivity contribution is -0.115. The molecule has 147 heavy (non-hydrogen) atoms. The SMILES string of the molecule is CC(=O)Nc1cc(-c2cnc(C)c(CS(=O)(=O)c3cc(Cl)sc3Cl)c2)ccn1.CC(=O)Nc1cc(-c2cnc(Cl)c(N3CCCN(C)S3(=O)=O)c2)ccn1.CC(=O)Nc1cc(-c2cncc(S(=O)(=O)CC34CC5CC(CC(C5)C3)C4)c2)ccn1.CCc1c(-c2ccnc(NC(C)=O)c2)cnc(Cl)c1CS(=O)(=O)c1ccc(F)cc1F.Cc1c(-c2ccnc(Nc3ccnc(C4CC4)n3)c2)cnc(Cl)c1C(=O)N1CC(C)(C)C1. The number of hydrogen-bond acceptors (Lipinski definition) is 27. The number of nitrogens with zero attached hydrogens (tertiary/aromatic N) is 15. The molecule has 0 spiro atoms. The summed E-state index contributed by atoms with van der Waals surface area (Å²) in [5.41, 5.74) is 11.0. The minimum absolute atomic E-state index is 0.0193. The van der Waals surface area contributed by atoms with E-state index in [1.165, 1.54) is 87.3 Å². The summed E-state index contributed by atoms with van der Waals surface area (Å²) in [5.74, 6) is 2.76. The number of nitrogens with one attached hydrogen (secondary N) is 5. The summed E-state index contributed by atoms with van der Waals surface area (Å²) in [6.45, 7) is 17.6. The number of carbonyl (C=O) groups excluding carboxylic acids is 5. The van der Waals surface area contributed by atoms with E-state index in [0.717, 1.165) is 126 Å². The van der Waals surface area contributed by atoms with Crippen LogP contribution >= 0.6 is 69.3 Å². The number of hydrogen-bond donors (Lipinski definition) is 5. The molecule has 5 aliphatic carbocycles. The van der Waals surface area contributed by atoms with Crippen LogP contribution in [0.25, 0.3) is 55.6 Å². The molecule has 13 aromatic rings. The van der Waals surface area contributed by atoms with Gasteiger partial charge in [0.15, 0.2) is 34.7 Å². The predicted octanol–water partition coefficient (Wildman–Crippen LogP) is 20.6. The number of likely N-dealkylation sites (tertiary alicyclic amines) is 1. The third-order valence-electron chi connectivity index (χ3n) is 25.5. The number of anilines is 7. The second-order valence-corrected chi connectivity index (χ2v) is 49.0. The van der Waals surface area contributed by atoms with Gasteiger partial charge in [-0.3, -0.25) is 38.2 Å². The number of thiophene rings is 1. The van der Waals surface area contributed by atoms with Crippen molar-refractivity contribution in [2.75, 3.05) is 69.9 Å². The van der Waals surface area contributed by atoms with Crippen LogP contribution in [0.15, 0.2) is 198 Å². The van der Waals surface area contributed by atoms with Gasteiger partial charge in [-0.15, -0.1) is 11.3 Å². The van der Waals surface area contributed by atoms with Gasteiger partial charge in [0.05, 0.1) is 42.6 Å². The Kier molecular flexibility index (Phi) is 33.8. The summed E-state index contributed by atoms with van der Waals surface area (Å²) in [7, 11) is -13.4. The van der Waals surface area contributed by atoms with E-state index in [1.54, 1.807) is 129 Å². The van der Waals surface area contributed by atoms with Gasteiger partial charge in [-0.2, -0.15) is 12.7 Å². The van der Waals surface area contributed by atoms with Gasteiger partial charge in [-0.05, 0) is 254 Å². The fourth-order valence-electron chi connectivity index (χ4n) is 19.2. The van der Waals surface area contributed by atoms with Crippen LogP contribution in [0.5, 0.6) is 0 Å². The monoisotopic (exact) mass is 2190 g/mol. The van der Waals surface area contributed by atoms with E-state index >= 15 is 0 Å². The molecule has 0 atom stereocenters. The topological polar surface area (TPSA) is 446 Å². The van der Waals surface area contributed by atoms with E-state index in [0.29, 0.717) is 133 Å². The third kappa shape index (κ3) is 27.0. The summed E-state index contributed by atoms with van der Waals surface area (Å²) in [5, 5.41) is 14.1. The number of benzene rings is 1. The molecular formula is C102H103Cl5F2N20O13S5. The average Bonchev–Trinajstić information content (AvgIpc) is 1.30. The van der Waals surface area contributed by atoms with E-state index in [1.807, 2.05) is 36.9 Å². The van der Waals surface area contributed by atoms with Crippen molar-refractivity contribution in [1.82, 2.24) is 69.0 Å². The van der Waals surface area contributed by atoms with Crippen LogP contribution in [0.2, 0.25) is 24.1 Å². The Hall–Kier alpha value is -12.5. The van der Waals surface area contributed by atoms with Crippen molar-refractivity contribution in [3.05, 3.63) is 259 Å². The van der Waals surface area contributed by atoms with Crippen molar-refractivity contribution in [2.45, 2.75) is 159 Å². The number of rotatable bonds is 24. The molecule has 20 rings (SSSR count). The van der Waals surface area contributed by atoms with Crippen LogP contribution in [-0.4, -0.2) is 171 Å². The Labute approximate surface area is 879 Å². The number of aryl methyl sites for hydroxylation is 1. The molecule has 4 bridgehead atoms. The fraction of sp³-hybridized carbons (Fsp3) is 0.324. The largest absolute Gasteiger partial charge is 0.337 e. The predicted molar refractivity (Wildman–Crippen MR) is 564 cm³/mol. The number of pyridine rings is 10. The van der Waals surface area contributed by atoms with E-state index in [-0.39, 0.29) is 87.0 Å². The minimum atomic E-state index is -4.17. The number of aromatic nitrogens is 12. The first-order chi connectivity index (χ1) is 69.7. The van der Waals surface area contributed by atoms with Crippen molar-refractivity contribution in [3.8, 4) is 55.6 Å². The molecule has 0 unspecified atom stereocenters. The summed E-state index contributed by atoms with van der Waals surface area (Å²) >= 11 is 31.7. The molecule has 2 saturated heterocycles. The smallest absolute Gasteiger partial charge is 0.303 e. The number of amides is 5. The van der Waals surface area contributed by atoms with Crippen LogP contribution in [0.3, 0.4) is 0 Å². The van der Waals surface area contributed by atoms with Gasteiger partial charge in [0.2, 0.25) is 23.6 Å². The Morgan fingerprint density at radius 1 is 0.503 bits per heavy atom. The Bertz CT molecular complexity index is 7730. The van der Waals surface area contributed by atoms with Crippen molar-refractivity contribution in [3.63, 3.8) is 0 Å². The van der Waals surface area contributed by atoms with Gasteiger partial charge in [0, 0.05) is 186 Å². The second-order valence-electron chi connectivity index (χ2n) is 37.8. The summed E-state index contributed by atoms with van der Waals surface area (Å²) in [4.78, 5) is 111. The van der Waals surface area contributed by atoms with Crippen LogP contribution in [0.1, 0.15) is 156 Å². The zero-order valence-electron chi connectivity index (χ0n) is 81.4. The highest BCUT2D eigenvalue weighted by Gasteiger charge is 2.53. The van der Waals surface area contributed by atoms with E-state index in [9.17, 15) is 66.4 Å². The molecule has 768 valence electrons. The molecule has 5 saturated carbocycles. The van der Waals surface area contributed by atoms with E-state index in [4.69, 9.17) is 58.0 Å². The summed E-state index contributed by atoms with van der Waals surface area (Å²) in [6.07, 6.45) is 29.7. The van der Waals surface area contributed by atoms with Crippen LogP contribution < -0.4 is 30.9 Å². The molecule has 33 nitrogen and oxygen atoms in total. The molecule has 7 aliphatic rings. The minimum Gasteiger partial charge on any atom is -0.337 e. The van der Waals surface area contributed by atoms with Gasteiger partial charge in [-0.25, -0.2) is 83.9 Å². The quantitative estimate of drug-likeness (QED) is 0.0277. The van der Waals surface area contributed by atoms with E-state index in [2.05, 4.69) is 100 Å². The van der Waals surface area contributed by atoms with Crippen molar-refractivity contribution < 1.29 is 66.4 Å². The van der Waals surface area contributed by atoms with Gasteiger partial charge < -0.3 is 31.5 Å². The lowest BCUT2D eigenvalue weighted by Gasteiger charge is -2.56. The maximum atomic E-state index is 14.1. The van der Waals surface area contributed by atoms with Crippen LogP contribution in [0, 0.1) is 54.1 Å². The number of carbonyl (C=O) groups is 5. The zero-order valence-corrected chi connectivity index (χ0v) is 89.2. The normalized spacial score (nSPS) is 17.4. The highest BCUT2D eigenvalue weighted by atomic mass is 35.5. The van der Waals surface area contributed by atoms with E-state index < -0.39 is 62.0 Å². The lowest BCUT2D eigenvalue weighted by atomic mass is 9.50. The van der Waals surface area contributed by atoms with Crippen molar-refractivity contribution >= 4 is 179 Å². The summed E-state index contributed by atoms with van der Waals surface area (Å²) in [6, 6.07) is 28.2. The molecule has 1 aromatic carbocycles. The molecule has 2 aliphatic heterocycles. The fourth-order valence-corrected chi connectivity index (χ4v) is 28.5. The molecule has 0 radical (unpaired) electrons. The highest BCUT2D eigenvalue weighted by Crippen LogP contribution is 2.61. The zero-order chi connectivity index (χ0) is 106. The second kappa shape index (κ2) is 45.7. The molecule has 45 heteroatoms. The van der Waals surface area contributed by atoms with Gasteiger partial charge in [0.25, 0.3) is 5.91 Å². The first-order valence-corrected chi connectivity index (χ1v) is 55.7. The van der Waals surface area contributed by atoms with Crippen LogP contribution in [-0.2, 0) is 76.8 Å². The van der Waals surface area contributed by atoms with Gasteiger partial charge in [-0.1, -0.05) is 78.8 Å². The Balaban J connectivity index is 0.000000138. The number of halogens is 7. The average molecular weight is 2190 g/mol. The highest BCUT2D eigenvalue weighted by molar-refractivity contribution is 7.92. The standard InChI is InChI=1S/C24H25ClN6O.C23H27N3O3S.C21H18ClF2N3O3S.C18H15Cl2N3O3S2.C16H18ClN5O3S/c1-14-17(11-28-21(25)20(14)23(32)31-12-24(2,3)13-31)16-6-8-26-19(10-16)29-18-7-9-27-22(30-18)15-4-5-15;1-15(27)26-22-8-19(2-3-25-22)20-7-21(13-24-12-20)30(28,29)14-23-9-16-4-17(10-23)6-18(5-16)11-23;1-3-15-16(13-6-7-25-20(8-13)27-12(2)28)10-26-21(22)17(15)11-31(29,30)19-5-4-14(23)9-18(19)24;1-10-14(9-28(25,26)15-7-16(19)27-18(15)20)5-13(8-22-10)12-3-4-21-17(6-12)23-11(2)24;1-11(23)20-15-9-12(4-5-18-15)13-8-14(16(17)19-10-13)22-7-3-6-21(2)26(22,24)25/h6-11,15H,4-5,12-13H2,1-3H3,(H,26,27,29,30);2-3,7-8,12-13,16-18H,4-6,9-11,14H2,1H3,(H,25,26,27);4-10H,3,11H2,1-2H3,(H,25,27,28);3-8H,9H2,1-2H3,(H,21,23,24);4-5,8-10H,3,6-7H2,1-2H3,(H,18,20,23).